The zero-order valence-electron chi connectivity index (χ0n) is 10.0. The van der Waals surface area contributed by atoms with Crippen molar-refractivity contribution in [3.63, 3.8) is 0 Å². The van der Waals surface area contributed by atoms with Gasteiger partial charge in [-0.3, -0.25) is 9.78 Å². The summed E-state index contributed by atoms with van der Waals surface area (Å²) in [4.78, 5) is 18.1. The van der Waals surface area contributed by atoms with Gasteiger partial charge in [-0.1, -0.05) is 6.92 Å². The number of hydrogen-bond acceptors (Lipinski definition) is 2. The molecule has 2 heterocycles. The molecule has 0 bridgehead atoms. The number of fused-ring (bicyclic) bond motifs is 3. The number of amides is 1. The smallest absolute Gasteiger partial charge is 0.211 e. The molecule has 0 radical (unpaired) electrons. The summed E-state index contributed by atoms with van der Waals surface area (Å²) < 4.78 is 0. The first-order valence-electron chi connectivity index (χ1n) is 5.92. The minimum absolute atomic E-state index is 0.706. The van der Waals surface area contributed by atoms with Gasteiger partial charge >= 0.3 is 0 Å². The number of anilines is 1. The van der Waals surface area contributed by atoms with Gasteiger partial charge in [0.2, 0.25) is 6.41 Å². The number of pyridine rings is 1. The number of carbonyl (C=O) groups is 1. The predicted molar refractivity (Wildman–Crippen MR) is 72.7 cm³/mol. The lowest BCUT2D eigenvalue weighted by Crippen LogP contribution is -1.96. The molecule has 1 aromatic carbocycles. The molecule has 0 aliphatic heterocycles. The molecule has 0 fully saturated rings. The Labute approximate surface area is 104 Å². The van der Waals surface area contributed by atoms with Gasteiger partial charge in [0, 0.05) is 17.0 Å². The zero-order chi connectivity index (χ0) is 12.5. The van der Waals surface area contributed by atoms with E-state index in [0.29, 0.717) is 6.41 Å². The Kier molecular flexibility index (Phi) is 2.48. The third kappa shape index (κ3) is 1.54. The van der Waals surface area contributed by atoms with Crippen LogP contribution in [-0.4, -0.2) is 16.4 Å². The monoisotopic (exact) mass is 239 g/mol. The van der Waals surface area contributed by atoms with Gasteiger partial charge in [0.1, 0.15) is 0 Å². The summed E-state index contributed by atoms with van der Waals surface area (Å²) in [5.41, 5.74) is 3.94. The number of H-pyrrole nitrogens is 1. The van der Waals surface area contributed by atoms with Crippen LogP contribution in [0.3, 0.4) is 0 Å². The van der Waals surface area contributed by atoms with Crippen molar-refractivity contribution in [2.45, 2.75) is 13.3 Å². The molecule has 2 aromatic heterocycles. The Morgan fingerprint density at radius 2 is 2.28 bits per heavy atom. The largest absolute Gasteiger partial charge is 0.352 e. The molecule has 3 aromatic rings. The molecule has 4 nitrogen and oxygen atoms in total. The molecular formula is C14H13N3O. The minimum atomic E-state index is 0.706. The molecule has 1 amide bonds. The number of rotatable bonds is 3. The van der Waals surface area contributed by atoms with Crippen LogP contribution in [0.5, 0.6) is 0 Å². The van der Waals surface area contributed by atoms with Crippen LogP contribution in [0.1, 0.15) is 12.5 Å². The van der Waals surface area contributed by atoms with Crippen LogP contribution in [0.2, 0.25) is 0 Å². The standard InChI is InChI=1S/C14H13N3O/c1-2-9-5-11-10-3-4-15-7-13(10)17-14(11)12(6-9)16-8-18/h3-8,17H,2H2,1H3,(H,16,18). The number of aromatic amines is 1. The zero-order valence-corrected chi connectivity index (χ0v) is 10.0. The van der Waals surface area contributed by atoms with Gasteiger partial charge in [-0.2, -0.15) is 0 Å². The number of nitrogens with one attached hydrogen (secondary N) is 2. The van der Waals surface area contributed by atoms with Crippen LogP contribution >= 0.6 is 0 Å². The van der Waals surface area contributed by atoms with Crippen molar-refractivity contribution in [1.82, 2.24) is 9.97 Å². The topological polar surface area (TPSA) is 57.8 Å². The van der Waals surface area contributed by atoms with Gasteiger partial charge in [-0.15, -0.1) is 0 Å². The van der Waals surface area contributed by atoms with Crippen molar-refractivity contribution < 1.29 is 4.79 Å². The Balaban J connectivity index is 2.42. The number of aromatic nitrogens is 2. The number of benzene rings is 1. The lowest BCUT2D eigenvalue weighted by Gasteiger charge is -2.04. The predicted octanol–water partition coefficient (Wildman–Crippen LogP) is 2.85. The molecule has 18 heavy (non-hydrogen) atoms. The van der Waals surface area contributed by atoms with Crippen LogP contribution in [0.15, 0.2) is 30.6 Å². The van der Waals surface area contributed by atoms with Crippen LogP contribution in [0.25, 0.3) is 21.8 Å². The van der Waals surface area contributed by atoms with E-state index in [9.17, 15) is 4.79 Å². The fourth-order valence-electron chi connectivity index (χ4n) is 2.29. The molecule has 0 atom stereocenters. The number of nitrogens with zero attached hydrogens (tertiary/aromatic N) is 1. The van der Waals surface area contributed by atoms with E-state index in [0.717, 1.165) is 33.9 Å². The molecule has 0 spiro atoms. The first-order valence-corrected chi connectivity index (χ1v) is 5.92. The summed E-state index contributed by atoms with van der Waals surface area (Å²) in [5.74, 6) is 0. The lowest BCUT2D eigenvalue weighted by molar-refractivity contribution is -0.105. The third-order valence-electron chi connectivity index (χ3n) is 3.19. The second kappa shape index (κ2) is 4.14. The van der Waals surface area contributed by atoms with Gasteiger partial charge in [-0.25, -0.2) is 0 Å². The average Bonchev–Trinajstić information content (AvgIpc) is 2.78. The van der Waals surface area contributed by atoms with Crippen LogP contribution in [-0.2, 0) is 11.2 Å². The lowest BCUT2D eigenvalue weighted by atomic mass is 10.1. The molecule has 0 saturated carbocycles. The highest BCUT2D eigenvalue weighted by molar-refractivity contribution is 6.12. The highest BCUT2D eigenvalue weighted by Crippen LogP contribution is 2.31. The highest BCUT2D eigenvalue weighted by Gasteiger charge is 2.09. The third-order valence-corrected chi connectivity index (χ3v) is 3.19. The van der Waals surface area contributed by atoms with Crippen molar-refractivity contribution in [2.24, 2.45) is 0 Å². The van der Waals surface area contributed by atoms with E-state index in [4.69, 9.17) is 0 Å². The molecule has 2 N–H and O–H groups in total. The van der Waals surface area contributed by atoms with Gasteiger partial charge in [-0.05, 0) is 30.2 Å². The summed E-state index contributed by atoms with van der Waals surface area (Å²) in [6.45, 7) is 2.10. The van der Waals surface area contributed by atoms with Crippen molar-refractivity contribution in [1.29, 1.82) is 0 Å². The van der Waals surface area contributed by atoms with Gasteiger partial charge in [0.05, 0.1) is 22.9 Å². The van der Waals surface area contributed by atoms with Crippen molar-refractivity contribution in [2.75, 3.05) is 5.32 Å². The number of aryl methyl sites for hydroxylation is 1. The van der Waals surface area contributed by atoms with E-state index in [1.165, 1.54) is 5.56 Å². The summed E-state index contributed by atoms with van der Waals surface area (Å²) in [6, 6.07) is 6.14. The number of hydrogen-bond donors (Lipinski definition) is 2. The normalized spacial score (nSPS) is 10.9. The summed E-state index contributed by atoms with van der Waals surface area (Å²) in [7, 11) is 0. The summed E-state index contributed by atoms with van der Waals surface area (Å²) >= 11 is 0. The number of carbonyl (C=O) groups excluding carboxylic acids is 1. The Hall–Kier alpha value is -2.36. The molecule has 90 valence electrons. The summed E-state index contributed by atoms with van der Waals surface area (Å²) in [6.07, 6.45) is 5.21. The minimum Gasteiger partial charge on any atom is -0.352 e. The Morgan fingerprint density at radius 3 is 3.06 bits per heavy atom. The van der Waals surface area contributed by atoms with E-state index in [2.05, 4.69) is 28.3 Å². The molecule has 0 aliphatic carbocycles. The van der Waals surface area contributed by atoms with Crippen molar-refractivity contribution >= 4 is 33.9 Å². The maximum Gasteiger partial charge on any atom is 0.211 e. The first kappa shape index (κ1) is 10.8. The van der Waals surface area contributed by atoms with E-state index in [1.54, 1.807) is 12.4 Å². The Bertz CT molecular complexity index is 730. The van der Waals surface area contributed by atoms with Crippen LogP contribution in [0.4, 0.5) is 5.69 Å². The molecule has 0 aliphatic rings. The molecule has 4 heteroatoms. The van der Waals surface area contributed by atoms with Gasteiger partial charge in [0.15, 0.2) is 0 Å². The van der Waals surface area contributed by atoms with Gasteiger partial charge < -0.3 is 10.3 Å². The first-order chi connectivity index (χ1) is 8.83. The highest BCUT2D eigenvalue weighted by atomic mass is 16.1. The molecule has 0 saturated heterocycles. The molecular weight excluding hydrogens is 226 g/mol. The van der Waals surface area contributed by atoms with E-state index in [1.807, 2.05) is 12.1 Å². The summed E-state index contributed by atoms with van der Waals surface area (Å²) in [5, 5.41) is 5.00. The van der Waals surface area contributed by atoms with Crippen LogP contribution in [0, 0.1) is 0 Å². The quantitative estimate of drug-likeness (QED) is 0.690. The fraction of sp³-hybridized carbons (Fsp3) is 0.143. The maximum atomic E-state index is 10.7. The van der Waals surface area contributed by atoms with E-state index in [-0.39, 0.29) is 0 Å². The SMILES string of the molecule is CCc1cc(NC=O)c2[nH]c3cnccc3c2c1. The second-order valence-corrected chi connectivity index (χ2v) is 4.23. The Morgan fingerprint density at radius 1 is 1.39 bits per heavy atom. The van der Waals surface area contributed by atoms with E-state index >= 15 is 0 Å². The maximum absolute atomic E-state index is 10.7. The van der Waals surface area contributed by atoms with Gasteiger partial charge in [0.25, 0.3) is 0 Å². The molecule has 0 unspecified atom stereocenters. The average molecular weight is 239 g/mol. The van der Waals surface area contributed by atoms with Crippen molar-refractivity contribution in [3.8, 4) is 0 Å². The van der Waals surface area contributed by atoms with Crippen molar-refractivity contribution in [3.05, 3.63) is 36.2 Å². The molecule has 3 rings (SSSR count). The fourth-order valence-corrected chi connectivity index (χ4v) is 2.29. The van der Waals surface area contributed by atoms with Crippen LogP contribution < -0.4 is 5.32 Å². The van der Waals surface area contributed by atoms with E-state index < -0.39 is 0 Å². The second-order valence-electron chi connectivity index (χ2n) is 4.23.